The molecule has 1 aliphatic heterocycles. The number of hydrogen-bond donors (Lipinski definition) is 2. The van der Waals surface area contributed by atoms with Crippen LogP contribution in [0.1, 0.15) is 32.1 Å². The average molecular weight is 218 g/mol. The molecule has 16 heavy (non-hydrogen) atoms. The predicted molar refractivity (Wildman–Crippen MR) is 63.3 cm³/mol. The lowest BCUT2D eigenvalue weighted by atomic mass is 9.70. The summed E-state index contributed by atoms with van der Waals surface area (Å²) in [5, 5.41) is 7.16. The van der Waals surface area contributed by atoms with E-state index >= 15 is 0 Å². The molecule has 0 bridgehead atoms. The van der Waals surface area contributed by atoms with Crippen LogP contribution in [-0.2, 0) is 0 Å². The second-order valence-corrected chi connectivity index (χ2v) is 4.99. The Labute approximate surface area is 95.9 Å². The van der Waals surface area contributed by atoms with Crippen molar-refractivity contribution in [3.8, 4) is 0 Å². The van der Waals surface area contributed by atoms with Gasteiger partial charge < -0.3 is 10.6 Å². The van der Waals surface area contributed by atoms with E-state index < -0.39 is 0 Å². The monoisotopic (exact) mass is 218 g/mol. The molecule has 2 fully saturated rings. The van der Waals surface area contributed by atoms with Crippen molar-refractivity contribution in [2.45, 2.75) is 43.7 Å². The van der Waals surface area contributed by atoms with Crippen molar-refractivity contribution in [1.29, 1.82) is 0 Å². The highest BCUT2D eigenvalue weighted by molar-refractivity contribution is 5.32. The molecule has 0 amide bonds. The molecule has 2 heterocycles. The molecule has 1 aromatic rings. The predicted octanol–water partition coefficient (Wildman–Crippen LogP) is 1.56. The van der Waals surface area contributed by atoms with E-state index in [2.05, 4.69) is 20.6 Å². The van der Waals surface area contributed by atoms with Crippen molar-refractivity contribution in [3.63, 3.8) is 0 Å². The van der Waals surface area contributed by atoms with Crippen LogP contribution in [0.4, 0.5) is 5.82 Å². The highest BCUT2D eigenvalue weighted by Gasteiger charge is 2.40. The number of aromatic nitrogens is 2. The zero-order valence-electron chi connectivity index (χ0n) is 9.45. The van der Waals surface area contributed by atoms with Crippen LogP contribution in [0.3, 0.4) is 0 Å². The van der Waals surface area contributed by atoms with E-state index in [9.17, 15) is 0 Å². The molecule has 1 spiro atoms. The summed E-state index contributed by atoms with van der Waals surface area (Å²) in [6.07, 6.45) is 11.7. The molecule has 4 nitrogen and oxygen atoms in total. The van der Waals surface area contributed by atoms with Crippen molar-refractivity contribution in [3.05, 3.63) is 18.6 Å². The summed E-state index contributed by atoms with van der Waals surface area (Å²) in [4.78, 5) is 8.35. The minimum Gasteiger partial charge on any atom is -0.366 e. The van der Waals surface area contributed by atoms with Gasteiger partial charge in [0.1, 0.15) is 5.82 Å². The van der Waals surface area contributed by atoms with Crippen LogP contribution in [0.2, 0.25) is 0 Å². The van der Waals surface area contributed by atoms with E-state index in [4.69, 9.17) is 0 Å². The van der Waals surface area contributed by atoms with Gasteiger partial charge in [0.2, 0.25) is 0 Å². The number of anilines is 1. The molecule has 0 aromatic carbocycles. The largest absolute Gasteiger partial charge is 0.366 e. The molecule has 2 aliphatic rings. The van der Waals surface area contributed by atoms with Gasteiger partial charge in [-0.05, 0) is 38.6 Å². The highest BCUT2D eigenvalue weighted by Crippen LogP contribution is 2.38. The van der Waals surface area contributed by atoms with Crippen LogP contribution >= 0.6 is 0 Å². The second-order valence-electron chi connectivity index (χ2n) is 4.99. The summed E-state index contributed by atoms with van der Waals surface area (Å²) < 4.78 is 0. The SMILES string of the molecule is c1cnc(NC2CCNC3(CCC3)C2)cn1. The first-order valence-corrected chi connectivity index (χ1v) is 6.14. The third-order valence-electron chi connectivity index (χ3n) is 3.86. The van der Waals surface area contributed by atoms with Crippen molar-refractivity contribution in [2.75, 3.05) is 11.9 Å². The van der Waals surface area contributed by atoms with Crippen LogP contribution in [0, 0.1) is 0 Å². The molecule has 1 saturated carbocycles. The van der Waals surface area contributed by atoms with Gasteiger partial charge in [-0.25, -0.2) is 4.98 Å². The van der Waals surface area contributed by atoms with Gasteiger partial charge in [-0.2, -0.15) is 0 Å². The fraction of sp³-hybridized carbons (Fsp3) is 0.667. The van der Waals surface area contributed by atoms with Crippen LogP contribution in [0.25, 0.3) is 0 Å². The molecular formula is C12H18N4. The fourth-order valence-corrected chi connectivity index (χ4v) is 2.85. The van der Waals surface area contributed by atoms with Gasteiger partial charge >= 0.3 is 0 Å². The first-order valence-electron chi connectivity index (χ1n) is 6.14. The maximum atomic E-state index is 4.27. The lowest BCUT2D eigenvalue weighted by Crippen LogP contribution is -2.58. The second kappa shape index (κ2) is 4.01. The Kier molecular flexibility index (Phi) is 2.52. The smallest absolute Gasteiger partial charge is 0.144 e. The van der Waals surface area contributed by atoms with Gasteiger partial charge in [-0.15, -0.1) is 0 Å². The summed E-state index contributed by atoms with van der Waals surface area (Å²) in [7, 11) is 0. The molecule has 1 aliphatic carbocycles. The quantitative estimate of drug-likeness (QED) is 0.791. The van der Waals surface area contributed by atoms with E-state index in [1.807, 2.05) is 0 Å². The first-order chi connectivity index (χ1) is 7.86. The highest BCUT2D eigenvalue weighted by atomic mass is 15.1. The van der Waals surface area contributed by atoms with Gasteiger partial charge in [-0.1, -0.05) is 0 Å². The normalized spacial score (nSPS) is 27.4. The molecule has 0 radical (unpaired) electrons. The maximum Gasteiger partial charge on any atom is 0.144 e. The molecule has 86 valence electrons. The minimum atomic E-state index is 0.443. The summed E-state index contributed by atoms with van der Waals surface area (Å²) in [6, 6.07) is 0.554. The number of nitrogens with zero attached hydrogens (tertiary/aromatic N) is 2. The van der Waals surface area contributed by atoms with E-state index in [-0.39, 0.29) is 0 Å². The number of hydrogen-bond acceptors (Lipinski definition) is 4. The van der Waals surface area contributed by atoms with E-state index in [0.717, 1.165) is 12.4 Å². The molecular weight excluding hydrogens is 200 g/mol. The Morgan fingerprint density at radius 1 is 1.38 bits per heavy atom. The lowest BCUT2D eigenvalue weighted by Gasteiger charge is -2.48. The summed E-state index contributed by atoms with van der Waals surface area (Å²) >= 11 is 0. The van der Waals surface area contributed by atoms with Gasteiger partial charge in [0, 0.05) is 24.0 Å². The standard InChI is InChI=1S/C12H18N4/c1-3-12(4-1)8-10(2-5-15-12)16-11-9-13-6-7-14-11/h6-7,9-10,15H,1-5,8H2,(H,14,16). The molecule has 4 heteroatoms. The number of nitrogens with one attached hydrogen (secondary N) is 2. The van der Waals surface area contributed by atoms with Gasteiger partial charge in [0.05, 0.1) is 6.20 Å². The zero-order valence-corrected chi connectivity index (χ0v) is 9.45. The Bertz CT molecular complexity index is 347. The average Bonchev–Trinajstić information content (AvgIpc) is 2.29. The van der Waals surface area contributed by atoms with Gasteiger partial charge in [0.25, 0.3) is 0 Å². The molecule has 1 atom stereocenters. The number of piperidine rings is 1. The Morgan fingerprint density at radius 2 is 2.31 bits per heavy atom. The molecule has 2 N–H and O–H groups in total. The fourth-order valence-electron chi connectivity index (χ4n) is 2.85. The topological polar surface area (TPSA) is 49.8 Å². The Balaban J connectivity index is 1.63. The van der Waals surface area contributed by atoms with Crippen LogP contribution in [-0.4, -0.2) is 28.1 Å². The van der Waals surface area contributed by atoms with Gasteiger partial charge in [-0.3, -0.25) is 4.98 Å². The lowest BCUT2D eigenvalue weighted by molar-refractivity contribution is 0.135. The van der Waals surface area contributed by atoms with Gasteiger partial charge in [0.15, 0.2) is 0 Å². The molecule has 3 rings (SSSR count). The van der Waals surface area contributed by atoms with Crippen LogP contribution in [0.15, 0.2) is 18.6 Å². The third kappa shape index (κ3) is 1.89. The van der Waals surface area contributed by atoms with E-state index in [1.165, 1.54) is 32.1 Å². The first kappa shape index (κ1) is 10.0. The molecule has 1 aromatic heterocycles. The van der Waals surface area contributed by atoms with E-state index in [0.29, 0.717) is 11.6 Å². The minimum absolute atomic E-state index is 0.443. The number of rotatable bonds is 2. The maximum absolute atomic E-state index is 4.27. The third-order valence-corrected chi connectivity index (χ3v) is 3.86. The van der Waals surface area contributed by atoms with Crippen molar-refractivity contribution < 1.29 is 0 Å². The van der Waals surface area contributed by atoms with E-state index in [1.54, 1.807) is 18.6 Å². The van der Waals surface area contributed by atoms with Crippen molar-refractivity contribution >= 4 is 5.82 Å². The Hall–Kier alpha value is -1.16. The zero-order chi connectivity index (χ0) is 10.8. The van der Waals surface area contributed by atoms with Crippen LogP contribution < -0.4 is 10.6 Å². The van der Waals surface area contributed by atoms with Crippen LogP contribution in [0.5, 0.6) is 0 Å². The molecule has 1 saturated heterocycles. The summed E-state index contributed by atoms with van der Waals surface area (Å²) in [6.45, 7) is 1.12. The summed E-state index contributed by atoms with van der Waals surface area (Å²) in [5.74, 6) is 0.906. The van der Waals surface area contributed by atoms with Crippen molar-refractivity contribution in [1.82, 2.24) is 15.3 Å². The molecule has 1 unspecified atom stereocenters. The summed E-state index contributed by atoms with van der Waals surface area (Å²) in [5.41, 5.74) is 0.443. The van der Waals surface area contributed by atoms with Crippen molar-refractivity contribution in [2.24, 2.45) is 0 Å². The Morgan fingerprint density at radius 3 is 3.00 bits per heavy atom.